The van der Waals surface area contributed by atoms with Crippen LogP contribution in [0.3, 0.4) is 0 Å². The van der Waals surface area contributed by atoms with E-state index in [1.807, 2.05) is 23.6 Å². The summed E-state index contributed by atoms with van der Waals surface area (Å²) in [6.45, 7) is -0.110. The number of ether oxygens (including phenoxy) is 1. The van der Waals surface area contributed by atoms with Crippen LogP contribution in [0.1, 0.15) is 5.69 Å². The molecule has 0 atom stereocenters. The highest BCUT2D eigenvalue weighted by molar-refractivity contribution is 7.13. The van der Waals surface area contributed by atoms with Gasteiger partial charge in [-0.15, -0.1) is 16.4 Å². The molecule has 8 heteroatoms. The van der Waals surface area contributed by atoms with Gasteiger partial charge in [-0.05, 0) is 35.2 Å². The summed E-state index contributed by atoms with van der Waals surface area (Å²) in [5.41, 5.74) is 1.61. The zero-order valence-corrected chi connectivity index (χ0v) is 14.2. The van der Waals surface area contributed by atoms with E-state index in [2.05, 4.69) is 21.2 Å². The van der Waals surface area contributed by atoms with Crippen molar-refractivity contribution >= 4 is 11.3 Å². The van der Waals surface area contributed by atoms with Crippen LogP contribution in [0.5, 0.6) is 5.88 Å². The van der Waals surface area contributed by atoms with Crippen LogP contribution in [-0.4, -0.2) is 36.8 Å². The Balaban J connectivity index is 1.85. The monoisotopic (exact) mass is 353 g/mol. The first kappa shape index (κ1) is 15.6. The second-order valence-corrected chi connectivity index (χ2v) is 6.21. The molecular formula is C17H15N5O2S. The number of nitrogens with zero attached hydrogens (tertiary/aromatic N) is 5. The van der Waals surface area contributed by atoms with Gasteiger partial charge in [-0.1, -0.05) is 6.07 Å². The molecule has 4 aromatic heterocycles. The van der Waals surface area contributed by atoms with Crippen molar-refractivity contribution in [3.8, 4) is 28.0 Å². The molecule has 7 nitrogen and oxygen atoms in total. The fraction of sp³-hybridized carbons (Fsp3) is 0.118. The third-order valence-corrected chi connectivity index (χ3v) is 4.57. The zero-order valence-electron chi connectivity index (χ0n) is 13.4. The number of hydrogen-bond donors (Lipinski definition) is 1. The summed E-state index contributed by atoms with van der Waals surface area (Å²) in [6, 6.07) is 11.5. The molecule has 4 heterocycles. The first-order valence-electron chi connectivity index (χ1n) is 7.58. The van der Waals surface area contributed by atoms with Crippen molar-refractivity contribution in [2.45, 2.75) is 6.61 Å². The standard InChI is InChI=1S/C17H15N5O2S/c1-24-17-5-7-22(20-17)16-10-12(14-3-2-8-25-14)9-15(18-16)21-6-4-13(11-23)19-21/h2-10,23H,11H2,1H3. The summed E-state index contributed by atoms with van der Waals surface area (Å²) in [5.74, 6) is 1.83. The summed E-state index contributed by atoms with van der Waals surface area (Å²) >= 11 is 1.65. The molecule has 0 aliphatic carbocycles. The summed E-state index contributed by atoms with van der Waals surface area (Å²) in [5, 5.41) is 19.9. The maximum Gasteiger partial charge on any atom is 0.232 e. The lowest BCUT2D eigenvalue weighted by Gasteiger charge is -2.08. The summed E-state index contributed by atoms with van der Waals surface area (Å²) in [7, 11) is 1.58. The summed E-state index contributed by atoms with van der Waals surface area (Å²) < 4.78 is 8.46. The van der Waals surface area contributed by atoms with Crippen LogP contribution in [0.2, 0.25) is 0 Å². The molecule has 4 aromatic rings. The van der Waals surface area contributed by atoms with Crippen LogP contribution in [0, 0.1) is 0 Å². The minimum Gasteiger partial charge on any atom is -0.480 e. The highest BCUT2D eigenvalue weighted by atomic mass is 32.1. The fourth-order valence-electron chi connectivity index (χ4n) is 2.44. The van der Waals surface area contributed by atoms with Crippen LogP contribution in [0.25, 0.3) is 22.1 Å². The molecule has 0 unspecified atom stereocenters. The van der Waals surface area contributed by atoms with Crippen molar-refractivity contribution in [2.75, 3.05) is 7.11 Å². The second-order valence-electron chi connectivity index (χ2n) is 5.26. The van der Waals surface area contributed by atoms with Gasteiger partial charge >= 0.3 is 0 Å². The number of aliphatic hydroxyl groups excluding tert-OH is 1. The van der Waals surface area contributed by atoms with E-state index in [9.17, 15) is 5.11 Å². The predicted octanol–water partition coefficient (Wildman–Crippen LogP) is 2.68. The quantitative estimate of drug-likeness (QED) is 0.597. The maximum atomic E-state index is 9.24. The number of hydrogen-bond acceptors (Lipinski definition) is 6. The van der Waals surface area contributed by atoms with Gasteiger partial charge in [-0.25, -0.2) is 14.3 Å². The van der Waals surface area contributed by atoms with Gasteiger partial charge in [0.05, 0.1) is 19.4 Å². The average molecular weight is 353 g/mol. The highest BCUT2D eigenvalue weighted by Crippen LogP contribution is 2.28. The molecule has 0 fully saturated rings. The van der Waals surface area contributed by atoms with Gasteiger partial charge in [0, 0.05) is 23.3 Å². The minimum atomic E-state index is -0.110. The molecule has 0 saturated carbocycles. The molecule has 0 aliphatic rings. The topological polar surface area (TPSA) is 78.0 Å². The highest BCUT2D eigenvalue weighted by Gasteiger charge is 2.11. The van der Waals surface area contributed by atoms with Crippen LogP contribution in [-0.2, 0) is 6.61 Å². The number of aromatic nitrogens is 5. The Kier molecular flexibility index (Phi) is 4.04. The SMILES string of the molecule is COc1ccn(-c2cc(-c3cccs3)cc(-n3ccc(CO)n3)n2)n1. The summed E-state index contributed by atoms with van der Waals surface area (Å²) in [4.78, 5) is 5.77. The van der Waals surface area contributed by atoms with Gasteiger partial charge in [0.2, 0.25) is 5.88 Å². The Morgan fingerprint density at radius 1 is 1.08 bits per heavy atom. The van der Waals surface area contributed by atoms with E-state index in [1.54, 1.807) is 52.3 Å². The minimum absolute atomic E-state index is 0.110. The van der Waals surface area contributed by atoms with Gasteiger partial charge in [-0.3, -0.25) is 0 Å². The van der Waals surface area contributed by atoms with Gasteiger partial charge in [0.15, 0.2) is 11.6 Å². The van der Waals surface area contributed by atoms with Gasteiger partial charge < -0.3 is 9.84 Å². The predicted molar refractivity (Wildman–Crippen MR) is 94.3 cm³/mol. The fourth-order valence-corrected chi connectivity index (χ4v) is 3.15. The Hall–Kier alpha value is -2.97. The van der Waals surface area contributed by atoms with Crippen molar-refractivity contribution < 1.29 is 9.84 Å². The second kappa shape index (κ2) is 6.50. The molecule has 0 amide bonds. The number of pyridine rings is 1. The normalized spacial score (nSPS) is 11.0. The molecular weight excluding hydrogens is 338 g/mol. The largest absolute Gasteiger partial charge is 0.480 e. The van der Waals surface area contributed by atoms with Crippen LogP contribution >= 0.6 is 11.3 Å². The number of methoxy groups -OCH3 is 1. The van der Waals surface area contributed by atoms with Crippen molar-refractivity contribution in [1.82, 2.24) is 24.5 Å². The first-order chi connectivity index (χ1) is 12.3. The van der Waals surface area contributed by atoms with Crippen LogP contribution in [0.4, 0.5) is 0 Å². The molecule has 0 aromatic carbocycles. The molecule has 0 aliphatic heterocycles. The first-order valence-corrected chi connectivity index (χ1v) is 8.46. The third-order valence-electron chi connectivity index (χ3n) is 3.65. The number of aliphatic hydroxyl groups is 1. The van der Waals surface area contributed by atoms with Gasteiger partial charge in [-0.2, -0.15) is 5.10 Å². The van der Waals surface area contributed by atoms with E-state index in [1.165, 1.54) is 0 Å². The molecule has 0 bridgehead atoms. The molecule has 1 N–H and O–H groups in total. The lowest BCUT2D eigenvalue weighted by atomic mass is 10.2. The van der Waals surface area contributed by atoms with E-state index >= 15 is 0 Å². The molecule has 126 valence electrons. The van der Waals surface area contributed by atoms with Crippen molar-refractivity contribution in [3.63, 3.8) is 0 Å². The van der Waals surface area contributed by atoms with E-state index < -0.39 is 0 Å². The lowest BCUT2D eigenvalue weighted by Crippen LogP contribution is -2.05. The smallest absolute Gasteiger partial charge is 0.232 e. The molecule has 25 heavy (non-hydrogen) atoms. The van der Waals surface area contributed by atoms with Crippen molar-refractivity contribution in [3.05, 3.63) is 59.9 Å². The molecule has 0 radical (unpaired) electrons. The maximum absolute atomic E-state index is 9.24. The molecule has 0 spiro atoms. The van der Waals surface area contributed by atoms with Crippen LogP contribution in [0.15, 0.2) is 54.2 Å². The summed E-state index contributed by atoms with van der Waals surface area (Å²) in [6.07, 6.45) is 3.57. The Morgan fingerprint density at radius 2 is 1.84 bits per heavy atom. The number of thiophene rings is 1. The molecule has 4 rings (SSSR count). The van der Waals surface area contributed by atoms with Crippen molar-refractivity contribution in [1.29, 1.82) is 0 Å². The number of rotatable bonds is 5. The van der Waals surface area contributed by atoms with Crippen LogP contribution < -0.4 is 4.74 Å². The zero-order chi connectivity index (χ0) is 17.2. The van der Waals surface area contributed by atoms with E-state index in [4.69, 9.17) is 4.74 Å². The lowest BCUT2D eigenvalue weighted by molar-refractivity contribution is 0.276. The Morgan fingerprint density at radius 3 is 2.44 bits per heavy atom. The Bertz CT molecular complexity index is 930. The average Bonchev–Trinajstić information content (AvgIpc) is 3.42. The van der Waals surface area contributed by atoms with E-state index in [-0.39, 0.29) is 6.61 Å². The van der Waals surface area contributed by atoms with Gasteiger partial charge in [0.25, 0.3) is 0 Å². The van der Waals surface area contributed by atoms with E-state index in [0.29, 0.717) is 23.2 Å². The Labute approximate surface area is 147 Å². The third kappa shape index (κ3) is 3.04. The van der Waals surface area contributed by atoms with Crippen molar-refractivity contribution in [2.24, 2.45) is 0 Å². The van der Waals surface area contributed by atoms with E-state index in [0.717, 1.165) is 10.4 Å². The van der Waals surface area contributed by atoms with Gasteiger partial charge in [0.1, 0.15) is 0 Å². The molecule has 0 saturated heterocycles.